The highest BCUT2D eigenvalue weighted by molar-refractivity contribution is 5.92. The van der Waals surface area contributed by atoms with Gasteiger partial charge in [-0.3, -0.25) is 9.59 Å². The number of carbonyl (C=O) groups is 2. The van der Waals surface area contributed by atoms with Crippen LogP contribution in [0, 0.1) is 6.92 Å². The summed E-state index contributed by atoms with van der Waals surface area (Å²) in [4.78, 5) is 24.3. The molecule has 28 heavy (non-hydrogen) atoms. The van der Waals surface area contributed by atoms with Crippen LogP contribution in [0.15, 0.2) is 41.1 Å². The molecule has 0 radical (unpaired) electrons. The van der Waals surface area contributed by atoms with E-state index in [1.807, 2.05) is 29.8 Å². The van der Waals surface area contributed by atoms with Gasteiger partial charge in [0.2, 0.25) is 0 Å². The first kappa shape index (κ1) is 18.3. The van der Waals surface area contributed by atoms with Crippen LogP contribution in [-0.2, 0) is 20.7 Å². The maximum atomic E-state index is 12.2. The number of nitrogens with zero attached hydrogens (tertiary/aromatic N) is 2. The van der Waals surface area contributed by atoms with E-state index in [2.05, 4.69) is 10.4 Å². The molecule has 1 saturated carbocycles. The lowest BCUT2D eigenvalue weighted by atomic mass is 10.1. The number of aryl methyl sites for hydroxylation is 1. The molecule has 1 fully saturated rings. The average molecular weight is 381 g/mol. The molecule has 146 valence electrons. The molecule has 0 atom stereocenters. The summed E-state index contributed by atoms with van der Waals surface area (Å²) in [6.07, 6.45) is 7.78. The number of esters is 1. The van der Waals surface area contributed by atoms with Crippen molar-refractivity contribution < 1.29 is 18.7 Å². The van der Waals surface area contributed by atoms with Crippen LogP contribution in [0.25, 0.3) is 11.0 Å². The Morgan fingerprint density at radius 2 is 2.11 bits per heavy atom. The minimum absolute atomic E-state index is 0.0589. The summed E-state index contributed by atoms with van der Waals surface area (Å²) in [6, 6.07) is 7.90. The van der Waals surface area contributed by atoms with Crippen molar-refractivity contribution in [3.63, 3.8) is 0 Å². The van der Waals surface area contributed by atoms with Crippen molar-refractivity contribution >= 4 is 28.7 Å². The molecular formula is C21H23N3O4. The van der Waals surface area contributed by atoms with Gasteiger partial charge in [0.15, 0.2) is 6.61 Å². The van der Waals surface area contributed by atoms with Crippen LogP contribution >= 0.6 is 0 Å². The Kier molecular flexibility index (Phi) is 5.14. The highest BCUT2D eigenvalue weighted by Gasteiger charge is 2.21. The lowest BCUT2D eigenvalue weighted by molar-refractivity contribution is -0.146. The summed E-state index contributed by atoms with van der Waals surface area (Å²) >= 11 is 0. The van der Waals surface area contributed by atoms with E-state index in [0.29, 0.717) is 11.9 Å². The van der Waals surface area contributed by atoms with Crippen molar-refractivity contribution in [1.29, 1.82) is 0 Å². The molecule has 3 aromatic rings. The van der Waals surface area contributed by atoms with E-state index in [9.17, 15) is 9.59 Å². The third-order valence-electron chi connectivity index (χ3n) is 5.12. The smallest absolute Gasteiger partial charge is 0.310 e. The standard InChI is InChI=1S/C21H23N3O4/c1-14-6-7-17-15(12-27-18(17)10-14)11-21(26)28-13-20(25)23-19-8-9-22-24(19)16-4-2-3-5-16/h6-10,12,16H,2-5,11,13H2,1H3,(H,23,25). The van der Waals surface area contributed by atoms with E-state index >= 15 is 0 Å². The Labute approximate surface area is 162 Å². The summed E-state index contributed by atoms with van der Waals surface area (Å²) in [7, 11) is 0. The number of carbonyl (C=O) groups excluding carboxylic acids is 2. The maximum absolute atomic E-state index is 12.2. The zero-order valence-corrected chi connectivity index (χ0v) is 15.8. The molecule has 0 aliphatic heterocycles. The topological polar surface area (TPSA) is 86.4 Å². The third-order valence-corrected chi connectivity index (χ3v) is 5.12. The molecule has 0 spiro atoms. The van der Waals surface area contributed by atoms with Gasteiger partial charge in [-0.15, -0.1) is 0 Å². The van der Waals surface area contributed by atoms with Crippen molar-refractivity contribution in [2.24, 2.45) is 0 Å². The van der Waals surface area contributed by atoms with Crippen molar-refractivity contribution in [3.8, 4) is 0 Å². The van der Waals surface area contributed by atoms with Gasteiger partial charge in [0.05, 0.1) is 24.9 Å². The van der Waals surface area contributed by atoms with E-state index < -0.39 is 5.97 Å². The normalized spacial score (nSPS) is 14.5. The van der Waals surface area contributed by atoms with Crippen LogP contribution in [0.5, 0.6) is 0 Å². The second-order valence-electron chi connectivity index (χ2n) is 7.25. The summed E-state index contributed by atoms with van der Waals surface area (Å²) in [6.45, 7) is 1.65. The molecule has 4 rings (SSSR count). The summed E-state index contributed by atoms with van der Waals surface area (Å²) < 4.78 is 12.5. The number of nitrogens with one attached hydrogen (secondary N) is 1. The molecule has 1 aliphatic rings. The largest absolute Gasteiger partial charge is 0.464 e. The number of rotatable bonds is 6. The van der Waals surface area contributed by atoms with Gasteiger partial charge >= 0.3 is 5.97 Å². The van der Waals surface area contributed by atoms with Gasteiger partial charge in [0.25, 0.3) is 5.91 Å². The van der Waals surface area contributed by atoms with E-state index in [0.717, 1.165) is 34.9 Å². The first-order valence-corrected chi connectivity index (χ1v) is 9.56. The van der Waals surface area contributed by atoms with Crippen molar-refractivity contribution in [2.75, 3.05) is 11.9 Å². The molecule has 1 aromatic carbocycles. The number of fused-ring (bicyclic) bond motifs is 1. The maximum Gasteiger partial charge on any atom is 0.310 e. The second-order valence-corrected chi connectivity index (χ2v) is 7.25. The number of aromatic nitrogens is 2. The number of amides is 1. The zero-order chi connectivity index (χ0) is 19.5. The first-order valence-electron chi connectivity index (χ1n) is 9.56. The average Bonchev–Trinajstić information content (AvgIpc) is 3.41. The van der Waals surface area contributed by atoms with E-state index in [-0.39, 0.29) is 18.9 Å². The molecule has 0 unspecified atom stereocenters. The number of hydrogen-bond donors (Lipinski definition) is 1. The molecule has 0 bridgehead atoms. The van der Waals surface area contributed by atoms with Crippen molar-refractivity contribution in [3.05, 3.63) is 47.9 Å². The van der Waals surface area contributed by atoms with Gasteiger partial charge < -0.3 is 14.5 Å². The molecule has 7 nitrogen and oxygen atoms in total. The van der Waals surface area contributed by atoms with Crippen LogP contribution < -0.4 is 5.32 Å². The van der Waals surface area contributed by atoms with Crippen LogP contribution in [0.1, 0.15) is 42.9 Å². The number of benzene rings is 1. The van der Waals surface area contributed by atoms with Gasteiger partial charge in [0, 0.05) is 17.0 Å². The van der Waals surface area contributed by atoms with E-state index in [4.69, 9.17) is 9.15 Å². The minimum Gasteiger partial charge on any atom is -0.464 e. The van der Waals surface area contributed by atoms with Crippen LogP contribution in [0.2, 0.25) is 0 Å². The van der Waals surface area contributed by atoms with Gasteiger partial charge in [-0.25, -0.2) is 4.68 Å². The Hall–Kier alpha value is -3.09. The number of anilines is 1. The van der Waals surface area contributed by atoms with Gasteiger partial charge in [0.1, 0.15) is 11.4 Å². The predicted molar refractivity (Wildman–Crippen MR) is 104 cm³/mol. The van der Waals surface area contributed by atoms with Crippen LogP contribution in [0.3, 0.4) is 0 Å². The SMILES string of the molecule is Cc1ccc2c(CC(=O)OCC(=O)Nc3ccnn3C3CCCC3)coc2c1. The lowest BCUT2D eigenvalue weighted by Gasteiger charge is -2.14. The van der Waals surface area contributed by atoms with Gasteiger partial charge in [-0.05, 0) is 31.4 Å². The van der Waals surface area contributed by atoms with Crippen LogP contribution in [-0.4, -0.2) is 28.3 Å². The molecule has 2 aromatic heterocycles. The van der Waals surface area contributed by atoms with Gasteiger partial charge in [-0.1, -0.05) is 25.0 Å². The van der Waals surface area contributed by atoms with Crippen molar-refractivity contribution in [2.45, 2.75) is 45.1 Å². The quantitative estimate of drug-likeness (QED) is 0.657. The monoisotopic (exact) mass is 381 g/mol. The summed E-state index contributed by atoms with van der Waals surface area (Å²) in [5.74, 6) is -0.201. The molecule has 1 aliphatic carbocycles. The highest BCUT2D eigenvalue weighted by Crippen LogP contribution is 2.31. The minimum atomic E-state index is -0.470. The fourth-order valence-electron chi connectivity index (χ4n) is 3.71. The Morgan fingerprint density at radius 3 is 2.93 bits per heavy atom. The zero-order valence-electron chi connectivity index (χ0n) is 15.8. The molecule has 1 amide bonds. The van der Waals surface area contributed by atoms with Crippen LogP contribution in [0.4, 0.5) is 5.82 Å². The molecule has 0 saturated heterocycles. The molecule has 7 heteroatoms. The number of furan rings is 1. The number of hydrogen-bond acceptors (Lipinski definition) is 5. The first-order chi connectivity index (χ1) is 13.6. The molecule has 1 N–H and O–H groups in total. The second kappa shape index (κ2) is 7.88. The fraction of sp³-hybridized carbons (Fsp3) is 0.381. The summed E-state index contributed by atoms with van der Waals surface area (Å²) in [5.41, 5.74) is 2.57. The Balaban J connectivity index is 1.31. The molecular weight excluding hydrogens is 358 g/mol. The highest BCUT2D eigenvalue weighted by atomic mass is 16.5. The number of ether oxygens (including phenoxy) is 1. The lowest BCUT2D eigenvalue weighted by Crippen LogP contribution is -2.23. The van der Waals surface area contributed by atoms with E-state index in [1.165, 1.54) is 12.8 Å². The van der Waals surface area contributed by atoms with E-state index in [1.54, 1.807) is 18.5 Å². The predicted octanol–water partition coefficient (Wildman–Crippen LogP) is 3.78. The molecule has 2 heterocycles. The van der Waals surface area contributed by atoms with Crippen molar-refractivity contribution in [1.82, 2.24) is 9.78 Å². The fourth-order valence-corrected chi connectivity index (χ4v) is 3.71. The van der Waals surface area contributed by atoms with Gasteiger partial charge in [-0.2, -0.15) is 5.10 Å². The Bertz CT molecular complexity index is 998. The third kappa shape index (κ3) is 3.93. The summed E-state index contributed by atoms with van der Waals surface area (Å²) in [5, 5.41) is 7.98. The Morgan fingerprint density at radius 1 is 1.29 bits per heavy atom.